The number of aliphatic imine (C=N–C) groups is 1. The molecule has 0 aromatic heterocycles. The lowest BCUT2D eigenvalue weighted by Gasteiger charge is -2.34. The molecule has 1 amide bonds. The van der Waals surface area contributed by atoms with E-state index >= 15 is 0 Å². The smallest absolute Gasteiger partial charge is 0.296 e. The number of hydrogen-bond donors (Lipinski definition) is 5. The first-order chi connectivity index (χ1) is 11.4. The van der Waals surface area contributed by atoms with Crippen molar-refractivity contribution >= 4 is 11.6 Å². The highest BCUT2D eigenvalue weighted by atomic mass is 19.1. The van der Waals surface area contributed by atoms with Gasteiger partial charge in [0.1, 0.15) is 11.6 Å². The third-order valence-corrected chi connectivity index (χ3v) is 4.06. The first kappa shape index (κ1) is 18.1. The van der Waals surface area contributed by atoms with Crippen molar-refractivity contribution in [3.8, 4) is 0 Å². The van der Waals surface area contributed by atoms with E-state index in [1.807, 2.05) is 0 Å². The molecule has 0 fully saturated rings. The Labute approximate surface area is 138 Å². The molecule has 1 heterocycles. The molecule has 1 atom stereocenters. The topological polar surface area (TPSA) is 114 Å². The molecule has 0 aliphatic carbocycles. The molecule has 5 N–H and O–H groups in total. The van der Waals surface area contributed by atoms with E-state index in [1.54, 1.807) is 19.1 Å². The predicted molar refractivity (Wildman–Crippen MR) is 85.2 cm³/mol. The molecular formula is C16H20FN3O4. The number of hydrogen-bond acceptors (Lipinski definition) is 6. The van der Waals surface area contributed by atoms with Crippen LogP contribution in [-0.4, -0.2) is 46.7 Å². The number of dihydropyridines is 1. The Balaban J connectivity index is 2.07. The Morgan fingerprint density at radius 2 is 2.04 bits per heavy atom. The summed E-state index contributed by atoms with van der Waals surface area (Å²) < 4.78 is 12.9. The molecule has 0 spiro atoms. The van der Waals surface area contributed by atoms with Gasteiger partial charge in [-0.25, -0.2) is 9.87 Å². The van der Waals surface area contributed by atoms with E-state index in [9.17, 15) is 19.4 Å². The second-order valence-electron chi connectivity index (χ2n) is 5.88. The van der Waals surface area contributed by atoms with Crippen LogP contribution in [0.5, 0.6) is 0 Å². The van der Waals surface area contributed by atoms with E-state index in [0.29, 0.717) is 13.1 Å². The fraction of sp³-hybridized carbons (Fsp3) is 0.375. The number of aliphatic hydroxyl groups excluding tert-OH is 2. The van der Waals surface area contributed by atoms with Gasteiger partial charge in [-0.15, -0.1) is 0 Å². The lowest BCUT2D eigenvalue weighted by atomic mass is 9.79. The summed E-state index contributed by atoms with van der Waals surface area (Å²) in [6.45, 7) is 2.36. The molecule has 0 radical (unpaired) electrons. The normalized spacial score (nSPS) is 20.8. The van der Waals surface area contributed by atoms with Crippen molar-refractivity contribution in [1.29, 1.82) is 0 Å². The van der Waals surface area contributed by atoms with Crippen molar-refractivity contribution in [2.75, 3.05) is 19.7 Å². The first-order valence-electron chi connectivity index (χ1n) is 7.39. The number of amides is 1. The zero-order chi connectivity index (χ0) is 17.7. The van der Waals surface area contributed by atoms with Crippen LogP contribution < -0.4 is 10.8 Å². The predicted octanol–water partition coefficient (Wildman–Crippen LogP) is 0.686. The number of hydroxylamine groups is 1. The van der Waals surface area contributed by atoms with Crippen molar-refractivity contribution < 1.29 is 24.6 Å². The molecule has 8 heteroatoms. The summed E-state index contributed by atoms with van der Waals surface area (Å²) >= 11 is 0. The molecular weight excluding hydrogens is 317 g/mol. The average Bonchev–Trinajstić information content (AvgIpc) is 2.56. The number of halogens is 1. The van der Waals surface area contributed by atoms with Crippen molar-refractivity contribution in [1.82, 2.24) is 10.8 Å². The quantitative estimate of drug-likeness (QED) is 0.387. The summed E-state index contributed by atoms with van der Waals surface area (Å²) in [7, 11) is 0. The Kier molecular flexibility index (Phi) is 5.66. The number of benzene rings is 1. The number of aliphatic hydroxyl groups is 2. The number of carbonyl (C=O) groups is 1. The van der Waals surface area contributed by atoms with Crippen molar-refractivity contribution in [3.05, 3.63) is 47.0 Å². The third-order valence-electron chi connectivity index (χ3n) is 4.06. The third kappa shape index (κ3) is 3.78. The van der Waals surface area contributed by atoms with Crippen LogP contribution in [0.2, 0.25) is 0 Å². The molecule has 1 aromatic rings. The lowest BCUT2D eigenvalue weighted by molar-refractivity contribution is -0.122. The van der Waals surface area contributed by atoms with Gasteiger partial charge in [-0.2, -0.15) is 0 Å². The number of nitrogens with zero attached hydrogens (tertiary/aromatic N) is 1. The maximum atomic E-state index is 12.9. The minimum Gasteiger partial charge on any atom is -0.505 e. The SMILES string of the molecule is CC1(CNCc2ccc(F)cc2)CN=C(C(=O)NO)C(O)=C1CO. The average molecular weight is 337 g/mol. The molecule has 130 valence electrons. The van der Waals surface area contributed by atoms with Gasteiger partial charge in [0.2, 0.25) is 0 Å². The first-order valence-corrected chi connectivity index (χ1v) is 7.39. The summed E-state index contributed by atoms with van der Waals surface area (Å²) in [5.41, 5.74) is 1.56. The zero-order valence-corrected chi connectivity index (χ0v) is 13.2. The van der Waals surface area contributed by atoms with Gasteiger partial charge >= 0.3 is 0 Å². The van der Waals surface area contributed by atoms with Gasteiger partial charge in [0.25, 0.3) is 5.91 Å². The van der Waals surface area contributed by atoms with Crippen molar-refractivity contribution in [2.24, 2.45) is 10.4 Å². The highest BCUT2D eigenvalue weighted by molar-refractivity contribution is 6.44. The van der Waals surface area contributed by atoms with Crippen LogP contribution >= 0.6 is 0 Å². The second-order valence-corrected chi connectivity index (χ2v) is 5.88. The standard InChI is InChI=1S/C16H20FN3O4/c1-16(8-18-6-10-2-4-11(17)5-3-10)9-19-13(15(23)20-24)14(22)12(16)7-21/h2-5,18,21-22,24H,6-9H2,1H3,(H,20,23). The fourth-order valence-corrected chi connectivity index (χ4v) is 2.60. The van der Waals surface area contributed by atoms with Crippen LogP contribution in [-0.2, 0) is 11.3 Å². The summed E-state index contributed by atoms with van der Waals surface area (Å²) in [5.74, 6) is -1.67. The Morgan fingerprint density at radius 3 is 2.62 bits per heavy atom. The summed E-state index contributed by atoms with van der Waals surface area (Å²) in [6, 6.07) is 6.06. The molecule has 1 aliphatic rings. The van der Waals surface area contributed by atoms with Gasteiger partial charge in [-0.1, -0.05) is 19.1 Å². The number of rotatable bonds is 6. The Morgan fingerprint density at radius 1 is 1.38 bits per heavy atom. The van der Waals surface area contributed by atoms with Crippen molar-refractivity contribution in [3.63, 3.8) is 0 Å². The van der Waals surface area contributed by atoms with Gasteiger partial charge in [-0.05, 0) is 17.7 Å². The highest BCUT2D eigenvalue weighted by Gasteiger charge is 2.37. The minimum absolute atomic E-state index is 0.159. The van der Waals surface area contributed by atoms with E-state index in [1.165, 1.54) is 17.6 Å². The van der Waals surface area contributed by atoms with E-state index in [4.69, 9.17) is 5.21 Å². The van der Waals surface area contributed by atoms with Gasteiger partial charge in [0, 0.05) is 24.1 Å². The molecule has 2 rings (SSSR count). The maximum Gasteiger partial charge on any atom is 0.296 e. The summed E-state index contributed by atoms with van der Waals surface area (Å²) in [5, 5.41) is 31.6. The lowest BCUT2D eigenvalue weighted by Crippen LogP contribution is -2.43. The van der Waals surface area contributed by atoms with Crippen LogP contribution in [0.15, 0.2) is 40.6 Å². The largest absolute Gasteiger partial charge is 0.505 e. The minimum atomic E-state index is -0.931. The van der Waals surface area contributed by atoms with Crippen LogP contribution in [0.3, 0.4) is 0 Å². The molecule has 1 unspecified atom stereocenters. The monoisotopic (exact) mass is 337 g/mol. The Bertz CT molecular complexity index is 672. The van der Waals surface area contributed by atoms with Crippen molar-refractivity contribution in [2.45, 2.75) is 13.5 Å². The number of carbonyl (C=O) groups excluding carboxylic acids is 1. The molecule has 7 nitrogen and oxygen atoms in total. The van der Waals surface area contributed by atoms with Crippen LogP contribution in [0.1, 0.15) is 12.5 Å². The van der Waals surface area contributed by atoms with E-state index in [2.05, 4.69) is 10.3 Å². The van der Waals surface area contributed by atoms with Crippen LogP contribution in [0.25, 0.3) is 0 Å². The van der Waals surface area contributed by atoms with Crippen LogP contribution in [0.4, 0.5) is 4.39 Å². The molecule has 0 bridgehead atoms. The molecule has 0 saturated carbocycles. The van der Waals surface area contributed by atoms with E-state index in [0.717, 1.165) is 5.56 Å². The second kappa shape index (κ2) is 7.52. The van der Waals surface area contributed by atoms with E-state index < -0.39 is 23.7 Å². The van der Waals surface area contributed by atoms with Gasteiger partial charge in [0.05, 0.1) is 13.2 Å². The molecule has 1 aliphatic heterocycles. The fourth-order valence-electron chi connectivity index (χ4n) is 2.60. The molecule has 24 heavy (non-hydrogen) atoms. The van der Waals surface area contributed by atoms with Gasteiger partial charge in [0.15, 0.2) is 5.71 Å². The van der Waals surface area contributed by atoms with Gasteiger partial charge < -0.3 is 15.5 Å². The van der Waals surface area contributed by atoms with Crippen LogP contribution in [0, 0.1) is 11.2 Å². The molecule has 1 aromatic carbocycles. The number of nitrogens with one attached hydrogen (secondary N) is 2. The Hall–Kier alpha value is -2.29. The summed E-state index contributed by atoms with van der Waals surface area (Å²) in [4.78, 5) is 15.5. The molecule has 0 saturated heterocycles. The maximum absolute atomic E-state index is 12.9. The van der Waals surface area contributed by atoms with Gasteiger partial charge in [-0.3, -0.25) is 15.0 Å². The highest BCUT2D eigenvalue weighted by Crippen LogP contribution is 2.32. The summed E-state index contributed by atoms with van der Waals surface area (Å²) in [6.07, 6.45) is 0. The zero-order valence-electron chi connectivity index (χ0n) is 13.2. The van der Waals surface area contributed by atoms with E-state index in [-0.39, 0.29) is 23.6 Å².